The van der Waals surface area contributed by atoms with Gasteiger partial charge in [0.2, 0.25) is 5.89 Å². The van der Waals surface area contributed by atoms with E-state index in [-0.39, 0.29) is 6.04 Å². The Kier molecular flexibility index (Phi) is 3.48. The first-order valence-corrected chi connectivity index (χ1v) is 5.89. The average molecular weight is 235 g/mol. The van der Waals surface area contributed by atoms with Crippen LogP contribution >= 0.6 is 11.3 Å². The van der Waals surface area contributed by atoms with Crippen molar-refractivity contribution >= 4 is 11.3 Å². The van der Waals surface area contributed by atoms with E-state index in [0.717, 1.165) is 0 Å². The van der Waals surface area contributed by atoms with Crippen molar-refractivity contribution in [2.24, 2.45) is 5.73 Å². The van der Waals surface area contributed by atoms with Crippen LogP contribution in [0, 0.1) is 0 Å². The van der Waals surface area contributed by atoms with Gasteiger partial charge in [-0.15, -0.1) is 17.9 Å². The molecule has 0 aliphatic heterocycles. The van der Waals surface area contributed by atoms with Gasteiger partial charge in [-0.2, -0.15) is 4.98 Å². The number of nitrogens with two attached hydrogens (primary N) is 1. The Morgan fingerprint density at radius 1 is 1.62 bits per heavy atom. The molecule has 84 valence electrons. The highest BCUT2D eigenvalue weighted by Gasteiger charge is 2.13. The molecule has 2 aromatic rings. The molecule has 2 aromatic heterocycles. The van der Waals surface area contributed by atoms with Gasteiger partial charge >= 0.3 is 0 Å². The van der Waals surface area contributed by atoms with Gasteiger partial charge in [0, 0.05) is 11.3 Å². The quantitative estimate of drug-likeness (QED) is 0.807. The molecular weight excluding hydrogens is 222 g/mol. The molecule has 16 heavy (non-hydrogen) atoms. The van der Waals surface area contributed by atoms with Crippen molar-refractivity contribution in [1.82, 2.24) is 10.1 Å². The summed E-state index contributed by atoms with van der Waals surface area (Å²) < 4.78 is 5.10. The van der Waals surface area contributed by atoms with E-state index in [1.54, 1.807) is 17.4 Å². The second kappa shape index (κ2) is 5.05. The van der Waals surface area contributed by atoms with Crippen molar-refractivity contribution in [3.8, 4) is 0 Å². The second-order valence-corrected chi connectivity index (χ2v) is 4.47. The molecule has 0 aliphatic carbocycles. The maximum atomic E-state index is 5.83. The molecule has 4 nitrogen and oxygen atoms in total. The van der Waals surface area contributed by atoms with Crippen LogP contribution < -0.4 is 5.73 Å². The highest BCUT2D eigenvalue weighted by molar-refractivity contribution is 7.09. The summed E-state index contributed by atoms with van der Waals surface area (Å²) in [6, 6.07) is 3.80. The number of hydrogen-bond donors (Lipinski definition) is 1. The molecule has 0 aromatic carbocycles. The normalized spacial score (nSPS) is 12.6. The van der Waals surface area contributed by atoms with Crippen LogP contribution in [0.5, 0.6) is 0 Å². The van der Waals surface area contributed by atoms with E-state index in [0.29, 0.717) is 24.6 Å². The van der Waals surface area contributed by atoms with Gasteiger partial charge in [0.05, 0.1) is 6.04 Å². The molecule has 2 rings (SSSR count). The molecule has 1 atom stereocenters. The van der Waals surface area contributed by atoms with Crippen LogP contribution in [-0.2, 0) is 6.42 Å². The standard InChI is InChI=1S/C11H13N3OS/c1-2-4-9(12)11-13-10(14-15-11)7-8-5-3-6-16-8/h2-3,5-6,9H,1,4,7,12H2. The van der Waals surface area contributed by atoms with E-state index in [2.05, 4.69) is 16.7 Å². The van der Waals surface area contributed by atoms with Crippen LogP contribution in [0.4, 0.5) is 0 Å². The third-order valence-electron chi connectivity index (χ3n) is 2.13. The minimum atomic E-state index is -0.248. The van der Waals surface area contributed by atoms with Crippen LogP contribution in [0.3, 0.4) is 0 Å². The molecule has 5 heteroatoms. The summed E-state index contributed by atoms with van der Waals surface area (Å²) in [5.74, 6) is 1.16. The fraction of sp³-hybridized carbons (Fsp3) is 0.273. The van der Waals surface area contributed by atoms with Gasteiger partial charge in [-0.1, -0.05) is 17.3 Å². The molecule has 0 radical (unpaired) electrons. The van der Waals surface area contributed by atoms with E-state index >= 15 is 0 Å². The minimum absolute atomic E-state index is 0.248. The van der Waals surface area contributed by atoms with E-state index in [4.69, 9.17) is 10.3 Å². The fourth-order valence-electron chi connectivity index (χ4n) is 1.34. The zero-order valence-electron chi connectivity index (χ0n) is 8.80. The van der Waals surface area contributed by atoms with Crippen LogP contribution in [0.25, 0.3) is 0 Å². The Bertz CT molecular complexity index is 450. The average Bonchev–Trinajstić information content (AvgIpc) is 2.90. The van der Waals surface area contributed by atoms with Crippen LogP contribution in [0.15, 0.2) is 34.7 Å². The Morgan fingerprint density at radius 2 is 2.50 bits per heavy atom. The highest BCUT2D eigenvalue weighted by Crippen LogP contribution is 2.16. The molecule has 0 aliphatic rings. The zero-order valence-corrected chi connectivity index (χ0v) is 9.61. The number of thiophene rings is 1. The minimum Gasteiger partial charge on any atom is -0.338 e. The van der Waals surface area contributed by atoms with Crippen molar-refractivity contribution in [2.75, 3.05) is 0 Å². The number of rotatable bonds is 5. The number of hydrogen-bond acceptors (Lipinski definition) is 5. The third kappa shape index (κ3) is 2.56. The molecule has 0 bridgehead atoms. The monoisotopic (exact) mass is 235 g/mol. The maximum Gasteiger partial charge on any atom is 0.243 e. The first-order valence-electron chi connectivity index (χ1n) is 5.01. The summed E-state index contributed by atoms with van der Waals surface area (Å²) in [6.45, 7) is 3.63. The van der Waals surface area contributed by atoms with Gasteiger partial charge in [0.25, 0.3) is 0 Å². The van der Waals surface area contributed by atoms with E-state index in [1.165, 1.54) is 4.88 Å². The van der Waals surface area contributed by atoms with Crippen molar-refractivity contribution in [1.29, 1.82) is 0 Å². The molecule has 2 heterocycles. The Hall–Kier alpha value is -1.46. The van der Waals surface area contributed by atoms with E-state index in [9.17, 15) is 0 Å². The topological polar surface area (TPSA) is 64.9 Å². The summed E-state index contributed by atoms with van der Waals surface area (Å²) in [5.41, 5.74) is 5.83. The predicted octanol–water partition coefficient (Wildman–Crippen LogP) is 2.30. The van der Waals surface area contributed by atoms with Gasteiger partial charge in [-0.25, -0.2) is 0 Å². The lowest BCUT2D eigenvalue weighted by Crippen LogP contribution is -2.09. The van der Waals surface area contributed by atoms with Crippen LogP contribution in [-0.4, -0.2) is 10.1 Å². The molecule has 0 saturated carbocycles. The first-order chi connectivity index (χ1) is 7.79. The van der Waals surface area contributed by atoms with Crippen molar-refractivity contribution in [3.63, 3.8) is 0 Å². The fourth-order valence-corrected chi connectivity index (χ4v) is 2.04. The van der Waals surface area contributed by atoms with Crippen molar-refractivity contribution < 1.29 is 4.52 Å². The summed E-state index contributed by atoms with van der Waals surface area (Å²) in [5, 5.41) is 5.93. The Morgan fingerprint density at radius 3 is 3.19 bits per heavy atom. The molecule has 0 amide bonds. The predicted molar refractivity (Wildman–Crippen MR) is 63.2 cm³/mol. The molecule has 0 fully saturated rings. The number of nitrogens with zero attached hydrogens (tertiary/aromatic N) is 2. The maximum absolute atomic E-state index is 5.83. The van der Waals surface area contributed by atoms with Crippen LogP contribution in [0.1, 0.15) is 29.1 Å². The SMILES string of the molecule is C=CCC(N)c1nc(Cc2cccs2)no1. The zero-order chi connectivity index (χ0) is 11.4. The van der Waals surface area contributed by atoms with Gasteiger partial charge in [0.1, 0.15) is 0 Å². The largest absolute Gasteiger partial charge is 0.338 e. The van der Waals surface area contributed by atoms with E-state index in [1.807, 2.05) is 17.5 Å². The van der Waals surface area contributed by atoms with Crippen LogP contribution in [0.2, 0.25) is 0 Å². The Labute approximate surface area is 97.8 Å². The Balaban J connectivity index is 2.04. The summed E-state index contributed by atoms with van der Waals surface area (Å²) >= 11 is 1.68. The first kappa shape index (κ1) is 11.0. The van der Waals surface area contributed by atoms with Gasteiger partial charge in [-0.3, -0.25) is 0 Å². The summed E-state index contributed by atoms with van der Waals surface area (Å²) in [4.78, 5) is 5.47. The number of aromatic nitrogens is 2. The summed E-state index contributed by atoms with van der Waals surface area (Å²) in [6.07, 6.45) is 3.08. The van der Waals surface area contributed by atoms with Gasteiger partial charge in [0.15, 0.2) is 5.82 Å². The van der Waals surface area contributed by atoms with Gasteiger partial charge in [-0.05, 0) is 17.9 Å². The lowest BCUT2D eigenvalue weighted by atomic mass is 10.2. The highest BCUT2D eigenvalue weighted by atomic mass is 32.1. The van der Waals surface area contributed by atoms with Crippen molar-refractivity contribution in [3.05, 3.63) is 46.8 Å². The molecule has 1 unspecified atom stereocenters. The van der Waals surface area contributed by atoms with Gasteiger partial charge < -0.3 is 10.3 Å². The third-order valence-corrected chi connectivity index (χ3v) is 3.01. The lowest BCUT2D eigenvalue weighted by Gasteiger charge is -1.99. The summed E-state index contributed by atoms with van der Waals surface area (Å²) in [7, 11) is 0. The smallest absolute Gasteiger partial charge is 0.243 e. The molecular formula is C11H13N3OS. The second-order valence-electron chi connectivity index (χ2n) is 3.44. The van der Waals surface area contributed by atoms with Crippen molar-refractivity contribution in [2.45, 2.75) is 18.9 Å². The molecule has 0 saturated heterocycles. The van der Waals surface area contributed by atoms with E-state index < -0.39 is 0 Å². The molecule has 0 spiro atoms. The molecule has 2 N–H and O–H groups in total. The lowest BCUT2D eigenvalue weighted by molar-refractivity contribution is 0.352.